The molecule has 0 unspecified atom stereocenters. The Morgan fingerprint density at radius 3 is 2.75 bits per heavy atom. The van der Waals surface area contributed by atoms with Crippen molar-refractivity contribution in [3.63, 3.8) is 0 Å². The van der Waals surface area contributed by atoms with Gasteiger partial charge in [-0.2, -0.15) is 0 Å². The number of benzene rings is 3. The van der Waals surface area contributed by atoms with Gasteiger partial charge in [0.1, 0.15) is 17.9 Å². The maximum atomic E-state index is 5.49. The number of ether oxygens (including phenoxy) is 1. The molecular formula is C22H16N4OS. The Kier molecular flexibility index (Phi) is 4.10. The van der Waals surface area contributed by atoms with Gasteiger partial charge >= 0.3 is 0 Å². The first-order chi connectivity index (χ1) is 13.8. The smallest absolute Gasteiger partial charge is 0.141 e. The van der Waals surface area contributed by atoms with Crippen LogP contribution in [-0.2, 0) is 0 Å². The van der Waals surface area contributed by atoms with Gasteiger partial charge in [0.05, 0.1) is 28.4 Å². The molecule has 0 saturated carbocycles. The Morgan fingerprint density at radius 1 is 0.893 bits per heavy atom. The van der Waals surface area contributed by atoms with Crippen molar-refractivity contribution in [2.45, 2.75) is 0 Å². The third kappa shape index (κ3) is 2.93. The van der Waals surface area contributed by atoms with Gasteiger partial charge in [0, 0.05) is 16.6 Å². The van der Waals surface area contributed by atoms with Crippen LogP contribution in [0.15, 0.2) is 72.5 Å². The normalized spacial score (nSPS) is 11.0. The molecule has 3 aromatic carbocycles. The van der Waals surface area contributed by atoms with Crippen molar-refractivity contribution in [2.24, 2.45) is 0 Å². The summed E-state index contributed by atoms with van der Waals surface area (Å²) >= 11 is 1.63. The van der Waals surface area contributed by atoms with E-state index < -0.39 is 0 Å². The maximum Gasteiger partial charge on any atom is 0.141 e. The van der Waals surface area contributed by atoms with Gasteiger partial charge in [-0.15, -0.1) is 11.3 Å². The van der Waals surface area contributed by atoms with Crippen molar-refractivity contribution in [2.75, 3.05) is 12.4 Å². The van der Waals surface area contributed by atoms with E-state index in [4.69, 9.17) is 4.74 Å². The van der Waals surface area contributed by atoms with Crippen LogP contribution in [0.5, 0.6) is 5.75 Å². The third-order valence-corrected chi connectivity index (χ3v) is 5.46. The minimum absolute atomic E-state index is 0.770. The highest BCUT2D eigenvalue weighted by atomic mass is 32.1. The summed E-state index contributed by atoms with van der Waals surface area (Å²) < 4.78 is 6.66. The summed E-state index contributed by atoms with van der Waals surface area (Å²) in [5.41, 5.74) is 6.75. The molecule has 0 saturated heterocycles. The van der Waals surface area contributed by atoms with E-state index in [1.807, 2.05) is 48.0 Å². The van der Waals surface area contributed by atoms with Crippen molar-refractivity contribution in [1.29, 1.82) is 0 Å². The molecular weight excluding hydrogens is 368 g/mol. The van der Waals surface area contributed by atoms with E-state index >= 15 is 0 Å². The number of nitrogens with one attached hydrogen (secondary N) is 1. The number of thiazole rings is 1. The Balaban J connectivity index is 1.55. The summed E-state index contributed by atoms with van der Waals surface area (Å²) in [6, 6.07) is 20.3. The van der Waals surface area contributed by atoms with Crippen molar-refractivity contribution in [3.05, 3.63) is 72.5 Å². The van der Waals surface area contributed by atoms with E-state index in [-0.39, 0.29) is 0 Å². The zero-order chi connectivity index (χ0) is 18.9. The Morgan fingerprint density at radius 2 is 1.82 bits per heavy atom. The molecule has 136 valence electrons. The Hall–Kier alpha value is -3.51. The number of hydrogen-bond acceptors (Lipinski definition) is 6. The monoisotopic (exact) mass is 384 g/mol. The lowest BCUT2D eigenvalue weighted by atomic mass is 10.0. The van der Waals surface area contributed by atoms with Gasteiger partial charge in [-0.3, -0.25) is 0 Å². The van der Waals surface area contributed by atoms with E-state index in [1.165, 1.54) is 4.70 Å². The molecule has 5 rings (SSSR count). The molecule has 0 radical (unpaired) electrons. The minimum atomic E-state index is 0.770. The summed E-state index contributed by atoms with van der Waals surface area (Å²) in [5, 5.41) is 4.36. The number of nitrogens with zero attached hydrogens (tertiary/aromatic N) is 3. The van der Waals surface area contributed by atoms with E-state index in [0.717, 1.165) is 44.8 Å². The number of methoxy groups -OCH3 is 1. The van der Waals surface area contributed by atoms with Crippen molar-refractivity contribution < 1.29 is 4.74 Å². The summed E-state index contributed by atoms with van der Waals surface area (Å²) in [7, 11) is 1.68. The van der Waals surface area contributed by atoms with Crippen molar-refractivity contribution in [3.8, 4) is 16.9 Å². The SMILES string of the molecule is COc1ccccc1-c1ccc2c(Nc3ccc4scnc4c3)ncnc2c1. The molecule has 5 nitrogen and oxygen atoms in total. The molecule has 0 fully saturated rings. The minimum Gasteiger partial charge on any atom is -0.496 e. The van der Waals surface area contributed by atoms with Gasteiger partial charge in [-0.1, -0.05) is 24.3 Å². The molecule has 28 heavy (non-hydrogen) atoms. The molecule has 0 spiro atoms. The van der Waals surface area contributed by atoms with Gasteiger partial charge < -0.3 is 10.1 Å². The highest BCUT2D eigenvalue weighted by Crippen LogP contribution is 2.33. The van der Waals surface area contributed by atoms with Crippen LogP contribution in [0.2, 0.25) is 0 Å². The van der Waals surface area contributed by atoms with Crippen LogP contribution in [-0.4, -0.2) is 22.1 Å². The first-order valence-electron chi connectivity index (χ1n) is 8.80. The van der Waals surface area contributed by atoms with Crippen molar-refractivity contribution in [1.82, 2.24) is 15.0 Å². The van der Waals surface area contributed by atoms with Gasteiger partial charge in [-0.25, -0.2) is 15.0 Å². The molecule has 2 heterocycles. The van der Waals surface area contributed by atoms with Crippen LogP contribution >= 0.6 is 11.3 Å². The summed E-state index contributed by atoms with van der Waals surface area (Å²) in [6.45, 7) is 0. The number of aromatic nitrogens is 3. The summed E-state index contributed by atoms with van der Waals surface area (Å²) in [6.07, 6.45) is 1.58. The molecule has 2 aromatic heterocycles. The number of hydrogen-bond donors (Lipinski definition) is 1. The maximum absolute atomic E-state index is 5.49. The number of para-hydroxylation sites is 1. The van der Waals surface area contributed by atoms with Crippen LogP contribution in [0.25, 0.3) is 32.2 Å². The standard InChI is InChI=1S/C22H16N4OS/c1-27-20-5-3-2-4-16(20)14-6-8-17-18(10-14)23-12-24-22(17)26-15-7-9-21-19(11-15)25-13-28-21/h2-13H,1H3,(H,23,24,26). The fraction of sp³-hybridized carbons (Fsp3) is 0.0455. The number of fused-ring (bicyclic) bond motifs is 2. The first kappa shape index (κ1) is 16.6. The lowest BCUT2D eigenvalue weighted by molar-refractivity contribution is 0.416. The van der Waals surface area contributed by atoms with E-state index in [0.29, 0.717) is 0 Å². The van der Waals surface area contributed by atoms with Gasteiger partial charge in [-0.05, 0) is 42.0 Å². The average Bonchev–Trinajstić information content (AvgIpc) is 3.21. The predicted octanol–water partition coefficient (Wildman–Crippen LogP) is 5.66. The predicted molar refractivity (Wildman–Crippen MR) is 114 cm³/mol. The molecule has 0 atom stereocenters. The van der Waals surface area contributed by atoms with Crippen LogP contribution in [0.4, 0.5) is 11.5 Å². The second-order valence-electron chi connectivity index (χ2n) is 6.31. The summed E-state index contributed by atoms with van der Waals surface area (Å²) in [5.74, 6) is 1.61. The van der Waals surface area contributed by atoms with Crippen LogP contribution in [0.1, 0.15) is 0 Å². The number of anilines is 2. The number of rotatable bonds is 4. The zero-order valence-electron chi connectivity index (χ0n) is 15.1. The van der Waals surface area contributed by atoms with Crippen LogP contribution < -0.4 is 10.1 Å². The Bertz CT molecular complexity index is 1300. The fourth-order valence-corrected chi connectivity index (χ4v) is 3.94. The van der Waals surface area contributed by atoms with E-state index in [9.17, 15) is 0 Å². The van der Waals surface area contributed by atoms with E-state index in [2.05, 4.69) is 38.5 Å². The first-order valence-corrected chi connectivity index (χ1v) is 9.68. The topological polar surface area (TPSA) is 59.9 Å². The highest BCUT2D eigenvalue weighted by Gasteiger charge is 2.09. The van der Waals surface area contributed by atoms with Gasteiger partial charge in [0.2, 0.25) is 0 Å². The van der Waals surface area contributed by atoms with E-state index in [1.54, 1.807) is 24.8 Å². The molecule has 5 aromatic rings. The van der Waals surface area contributed by atoms with Crippen LogP contribution in [0, 0.1) is 0 Å². The van der Waals surface area contributed by atoms with Gasteiger partial charge in [0.15, 0.2) is 0 Å². The second kappa shape index (κ2) is 6.90. The largest absolute Gasteiger partial charge is 0.496 e. The second-order valence-corrected chi connectivity index (χ2v) is 7.20. The lowest BCUT2D eigenvalue weighted by Gasteiger charge is -2.11. The molecule has 0 bridgehead atoms. The Labute approximate surface area is 165 Å². The molecule has 0 aliphatic heterocycles. The van der Waals surface area contributed by atoms with Crippen LogP contribution in [0.3, 0.4) is 0 Å². The van der Waals surface area contributed by atoms with Crippen molar-refractivity contribution >= 4 is 44.0 Å². The quantitative estimate of drug-likeness (QED) is 0.433. The fourth-order valence-electron chi connectivity index (χ4n) is 3.28. The third-order valence-electron chi connectivity index (χ3n) is 4.65. The molecule has 0 aliphatic carbocycles. The molecule has 0 amide bonds. The molecule has 6 heteroatoms. The highest BCUT2D eigenvalue weighted by molar-refractivity contribution is 7.16. The summed E-state index contributed by atoms with van der Waals surface area (Å²) in [4.78, 5) is 13.3. The average molecular weight is 384 g/mol. The lowest BCUT2D eigenvalue weighted by Crippen LogP contribution is -1.96. The van der Waals surface area contributed by atoms with Gasteiger partial charge in [0.25, 0.3) is 0 Å². The molecule has 0 aliphatic rings. The molecule has 1 N–H and O–H groups in total. The zero-order valence-corrected chi connectivity index (χ0v) is 15.9.